The lowest BCUT2D eigenvalue weighted by Gasteiger charge is -2.38. The van der Waals surface area contributed by atoms with Gasteiger partial charge in [-0.1, -0.05) is 31.2 Å². The molecule has 1 saturated heterocycles. The highest BCUT2D eigenvalue weighted by molar-refractivity contribution is 6.64. The molecule has 1 radical (unpaired) electrons. The Labute approximate surface area is 115 Å². The van der Waals surface area contributed by atoms with Crippen LogP contribution in [0.2, 0.25) is 0 Å². The zero-order valence-electron chi connectivity index (χ0n) is 11.5. The van der Waals surface area contributed by atoms with Crippen molar-refractivity contribution >= 4 is 19.4 Å². The van der Waals surface area contributed by atoms with Gasteiger partial charge in [-0.05, 0) is 37.1 Å². The SMILES string of the molecule is CC(=O)CC(C)c1ccc(C2CN([B]C=O)C2)cc1. The van der Waals surface area contributed by atoms with E-state index in [-0.39, 0.29) is 11.7 Å². The van der Waals surface area contributed by atoms with E-state index in [4.69, 9.17) is 0 Å². The van der Waals surface area contributed by atoms with E-state index in [2.05, 4.69) is 31.2 Å². The van der Waals surface area contributed by atoms with Crippen molar-refractivity contribution in [3.8, 4) is 0 Å². The number of carbonyl (C=O) groups is 2. The zero-order valence-corrected chi connectivity index (χ0v) is 11.5. The first-order valence-corrected chi connectivity index (χ1v) is 6.72. The van der Waals surface area contributed by atoms with E-state index in [0.717, 1.165) is 19.3 Å². The van der Waals surface area contributed by atoms with Gasteiger partial charge in [0.2, 0.25) is 0 Å². The lowest BCUT2D eigenvalue weighted by molar-refractivity contribution is -0.117. The molecule has 0 aliphatic carbocycles. The third kappa shape index (κ3) is 3.54. The van der Waals surface area contributed by atoms with Crippen LogP contribution in [0, 0.1) is 0 Å². The molecule has 1 aliphatic rings. The molecule has 1 aromatic carbocycles. The summed E-state index contributed by atoms with van der Waals surface area (Å²) in [4.78, 5) is 23.5. The fourth-order valence-corrected chi connectivity index (χ4v) is 2.58. The smallest absolute Gasteiger partial charge is 0.293 e. The number of benzene rings is 1. The Morgan fingerprint density at radius 1 is 1.42 bits per heavy atom. The van der Waals surface area contributed by atoms with E-state index in [1.165, 1.54) is 11.1 Å². The minimum absolute atomic E-state index is 0.232. The summed E-state index contributed by atoms with van der Waals surface area (Å²) in [5.74, 6) is 1.04. The van der Waals surface area contributed by atoms with Crippen molar-refractivity contribution < 1.29 is 9.59 Å². The minimum Gasteiger partial charge on any atom is -0.339 e. The predicted octanol–water partition coefficient (Wildman–Crippen LogP) is 1.98. The molecule has 1 atom stereocenters. The van der Waals surface area contributed by atoms with Gasteiger partial charge in [-0.25, -0.2) is 0 Å². The molecule has 99 valence electrons. The maximum atomic E-state index is 11.1. The van der Waals surface area contributed by atoms with Crippen molar-refractivity contribution in [1.82, 2.24) is 4.81 Å². The summed E-state index contributed by atoms with van der Waals surface area (Å²) in [5, 5.41) is 0. The molecule has 1 aromatic rings. The third-order valence-electron chi connectivity index (χ3n) is 3.75. The fraction of sp³-hybridized carbons (Fsp3) is 0.467. The molecule has 1 unspecified atom stereocenters. The first-order valence-electron chi connectivity index (χ1n) is 6.72. The van der Waals surface area contributed by atoms with Crippen molar-refractivity contribution in [2.75, 3.05) is 13.1 Å². The van der Waals surface area contributed by atoms with Crippen LogP contribution in [0.3, 0.4) is 0 Å². The second kappa shape index (κ2) is 6.15. The Balaban J connectivity index is 1.92. The number of carbonyl (C=O) groups excluding carboxylic acids is 2. The van der Waals surface area contributed by atoms with Gasteiger partial charge in [-0.15, -0.1) is 0 Å². The van der Waals surface area contributed by atoms with E-state index in [0.29, 0.717) is 12.3 Å². The van der Waals surface area contributed by atoms with Crippen molar-refractivity contribution in [2.24, 2.45) is 0 Å². The molecule has 0 aromatic heterocycles. The molecule has 0 saturated carbocycles. The molecule has 1 heterocycles. The minimum atomic E-state index is 0.232. The molecule has 2 rings (SSSR count). The highest BCUT2D eigenvalue weighted by Crippen LogP contribution is 2.28. The van der Waals surface area contributed by atoms with Crippen LogP contribution in [0.15, 0.2) is 24.3 Å². The molecule has 19 heavy (non-hydrogen) atoms. The number of hydrogen-bond acceptors (Lipinski definition) is 3. The molecule has 1 aliphatic heterocycles. The Morgan fingerprint density at radius 2 is 2.05 bits per heavy atom. The number of hydrogen-bond donors (Lipinski definition) is 0. The molecular formula is C15H19BNO2. The molecule has 0 amide bonds. The first kappa shape index (κ1) is 14.0. The standard InChI is InChI=1S/C15H19BNO2/c1-11(7-12(2)19)13-3-5-14(6-4-13)15-8-17(9-15)16-10-18/h3-6,10-11,15H,7-9H2,1-2H3. The Morgan fingerprint density at radius 3 is 2.58 bits per heavy atom. The van der Waals surface area contributed by atoms with Crippen LogP contribution in [-0.2, 0) is 9.59 Å². The summed E-state index contributed by atoms with van der Waals surface area (Å²) >= 11 is 0. The highest BCUT2D eigenvalue weighted by atomic mass is 16.1. The summed E-state index contributed by atoms with van der Waals surface area (Å²) < 4.78 is 0. The van der Waals surface area contributed by atoms with Crippen LogP contribution in [0.5, 0.6) is 0 Å². The predicted molar refractivity (Wildman–Crippen MR) is 77.0 cm³/mol. The topological polar surface area (TPSA) is 37.4 Å². The molecule has 4 heteroatoms. The van der Waals surface area contributed by atoms with Gasteiger partial charge in [0, 0.05) is 12.3 Å². The van der Waals surface area contributed by atoms with Crippen LogP contribution in [-0.4, -0.2) is 37.3 Å². The molecule has 1 fully saturated rings. The quantitative estimate of drug-likeness (QED) is 0.577. The van der Waals surface area contributed by atoms with E-state index in [9.17, 15) is 9.59 Å². The Hall–Kier alpha value is -1.42. The zero-order chi connectivity index (χ0) is 13.8. The van der Waals surface area contributed by atoms with Crippen molar-refractivity contribution in [3.05, 3.63) is 35.4 Å². The van der Waals surface area contributed by atoms with Gasteiger partial charge in [-0.2, -0.15) is 0 Å². The number of rotatable bonds is 6. The van der Waals surface area contributed by atoms with Gasteiger partial charge in [0.15, 0.2) is 0 Å². The van der Waals surface area contributed by atoms with Crippen LogP contribution in [0.4, 0.5) is 0 Å². The van der Waals surface area contributed by atoms with Crippen LogP contribution >= 0.6 is 0 Å². The summed E-state index contributed by atoms with van der Waals surface area (Å²) in [6.45, 7) is 5.56. The number of Topliss-reactive ketones (excluding diaryl/α,β-unsaturated/α-hetero) is 1. The summed E-state index contributed by atoms with van der Waals surface area (Å²) in [5.41, 5.74) is 2.53. The highest BCUT2D eigenvalue weighted by Gasteiger charge is 2.27. The average molecular weight is 256 g/mol. The van der Waals surface area contributed by atoms with Crippen molar-refractivity contribution in [1.29, 1.82) is 0 Å². The fourth-order valence-electron chi connectivity index (χ4n) is 2.58. The number of ketones is 1. The molecule has 3 nitrogen and oxygen atoms in total. The van der Waals surface area contributed by atoms with Gasteiger partial charge in [0.25, 0.3) is 7.41 Å². The Bertz CT molecular complexity index is 452. The van der Waals surface area contributed by atoms with Crippen LogP contribution in [0.25, 0.3) is 0 Å². The lowest BCUT2D eigenvalue weighted by Crippen LogP contribution is -2.47. The van der Waals surface area contributed by atoms with Gasteiger partial charge in [0.05, 0.1) is 6.19 Å². The summed E-state index contributed by atoms with van der Waals surface area (Å²) in [6.07, 6.45) is 1.44. The van der Waals surface area contributed by atoms with E-state index in [1.54, 1.807) is 14.3 Å². The van der Waals surface area contributed by atoms with Crippen molar-refractivity contribution in [3.63, 3.8) is 0 Å². The van der Waals surface area contributed by atoms with Gasteiger partial charge in [0.1, 0.15) is 5.78 Å². The maximum absolute atomic E-state index is 11.1. The van der Waals surface area contributed by atoms with E-state index < -0.39 is 0 Å². The molecule has 0 spiro atoms. The second-order valence-corrected chi connectivity index (χ2v) is 5.41. The van der Waals surface area contributed by atoms with Crippen LogP contribution in [0.1, 0.15) is 43.2 Å². The largest absolute Gasteiger partial charge is 0.339 e. The van der Waals surface area contributed by atoms with Gasteiger partial charge in [-0.3, -0.25) is 0 Å². The monoisotopic (exact) mass is 256 g/mol. The molecule has 0 bridgehead atoms. The van der Waals surface area contributed by atoms with E-state index >= 15 is 0 Å². The van der Waals surface area contributed by atoms with E-state index in [1.807, 2.05) is 4.81 Å². The van der Waals surface area contributed by atoms with Crippen LogP contribution < -0.4 is 0 Å². The van der Waals surface area contributed by atoms with Gasteiger partial charge < -0.3 is 14.4 Å². The maximum Gasteiger partial charge on any atom is 0.293 e. The first-order chi connectivity index (χ1) is 9.10. The number of nitrogens with zero attached hydrogens (tertiary/aromatic N) is 1. The molecule has 0 N–H and O–H groups in total. The summed E-state index contributed by atoms with van der Waals surface area (Å²) in [7, 11) is 1.60. The van der Waals surface area contributed by atoms with Gasteiger partial charge >= 0.3 is 0 Å². The lowest BCUT2D eigenvalue weighted by atomic mass is 9.81. The molecular weight excluding hydrogens is 237 g/mol. The summed E-state index contributed by atoms with van der Waals surface area (Å²) in [6, 6.07) is 8.54. The average Bonchev–Trinajstić information content (AvgIpc) is 2.33. The normalized spacial score (nSPS) is 17.6. The second-order valence-electron chi connectivity index (χ2n) is 5.41. The third-order valence-corrected chi connectivity index (χ3v) is 3.75. The van der Waals surface area contributed by atoms with Crippen molar-refractivity contribution in [2.45, 2.75) is 32.1 Å². The Kier molecular flexibility index (Phi) is 4.54.